The first-order valence-electron chi connectivity index (χ1n) is 5.44. The minimum Gasteiger partial charge on any atom is -0.285 e. The molecule has 0 saturated heterocycles. The molecule has 0 saturated carbocycles. The fraction of sp³-hybridized carbons (Fsp3) is 0. The van der Waals surface area contributed by atoms with E-state index in [-0.39, 0.29) is 5.57 Å². The number of nitriles is 1. The summed E-state index contributed by atoms with van der Waals surface area (Å²) in [5, 5.41) is 10.7. The van der Waals surface area contributed by atoms with Crippen molar-refractivity contribution in [1.82, 2.24) is 0 Å². The van der Waals surface area contributed by atoms with Gasteiger partial charge in [0.2, 0.25) is 11.6 Å². The molecule has 0 unspecified atom stereocenters. The van der Waals surface area contributed by atoms with Crippen LogP contribution >= 0.6 is 0 Å². The summed E-state index contributed by atoms with van der Waals surface area (Å²) in [7, 11) is 0. The Morgan fingerprint density at radius 2 is 1.61 bits per heavy atom. The zero-order valence-electron chi connectivity index (χ0n) is 9.31. The molecule has 0 atom stereocenters. The lowest BCUT2D eigenvalue weighted by Gasteiger charge is -2.11. The Morgan fingerprint density at radius 1 is 0.944 bits per heavy atom. The van der Waals surface area contributed by atoms with Gasteiger partial charge in [0.25, 0.3) is 0 Å². The quantitative estimate of drug-likeness (QED) is 0.657. The molecule has 0 aliphatic heterocycles. The number of fused-ring (bicyclic) bond motifs is 2. The van der Waals surface area contributed by atoms with Crippen molar-refractivity contribution in [2.24, 2.45) is 0 Å². The Morgan fingerprint density at radius 3 is 2.28 bits per heavy atom. The second kappa shape index (κ2) is 3.64. The molecule has 18 heavy (non-hydrogen) atoms. The van der Waals surface area contributed by atoms with Gasteiger partial charge < -0.3 is 0 Å². The van der Waals surface area contributed by atoms with Gasteiger partial charge >= 0.3 is 0 Å². The zero-order chi connectivity index (χ0) is 12.7. The molecule has 84 valence electrons. The minimum absolute atomic E-state index is 0.0946. The molecular formula is C15H7NO2. The van der Waals surface area contributed by atoms with Gasteiger partial charge in [-0.15, -0.1) is 0 Å². The van der Waals surface area contributed by atoms with E-state index >= 15 is 0 Å². The number of carbonyl (C=O) groups excluding carboxylic acids is 2. The van der Waals surface area contributed by atoms with Crippen molar-refractivity contribution in [3.63, 3.8) is 0 Å². The summed E-state index contributed by atoms with van der Waals surface area (Å²) < 4.78 is 0. The van der Waals surface area contributed by atoms with E-state index in [1.807, 2.05) is 30.3 Å². The number of rotatable bonds is 0. The van der Waals surface area contributed by atoms with Gasteiger partial charge in [-0.05, 0) is 34.5 Å². The lowest BCUT2D eigenvalue weighted by Crippen LogP contribution is -2.20. The topological polar surface area (TPSA) is 57.9 Å². The van der Waals surface area contributed by atoms with Gasteiger partial charge in [-0.25, -0.2) is 0 Å². The molecule has 2 aromatic carbocycles. The summed E-state index contributed by atoms with van der Waals surface area (Å²) in [6, 6.07) is 12.9. The molecule has 3 nitrogen and oxygen atoms in total. The Balaban J connectivity index is 2.37. The lowest BCUT2D eigenvalue weighted by atomic mass is 9.88. The molecule has 2 aromatic rings. The summed E-state index contributed by atoms with van der Waals surface area (Å²) in [6.45, 7) is 0. The van der Waals surface area contributed by atoms with Crippen LogP contribution in [0.4, 0.5) is 0 Å². The van der Waals surface area contributed by atoms with Gasteiger partial charge in [-0.3, -0.25) is 9.59 Å². The van der Waals surface area contributed by atoms with Crippen LogP contribution in [0.5, 0.6) is 0 Å². The van der Waals surface area contributed by atoms with E-state index in [0.29, 0.717) is 11.1 Å². The van der Waals surface area contributed by atoms with Gasteiger partial charge in [0, 0.05) is 5.56 Å². The average molecular weight is 233 g/mol. The zero-order valence-corrected chi connectivity index (χ0v) is 9.31. The molecule has 0 heterocycles. The highest BCUT2D eigenvalue weighted by atomic mass is 16.2. The third kappa shape index (κ3) is 1.36. The molecule has 0 fully saturated rings. The first-order chi connectivity index (χ1) is 8.70. The van der Waals surface area contributed by atoms with Gasteiger partial charge in [0.15, 0.2) is 0 Å². The van der Waals surface area contributed by atoms with Gasteiger partial charge in [-0.1, -0.05) is 24.3 Å². The number of nitrogens with zero attached hydrogens (tertiary/aromatic N) is 1. The van der Waals surface area contributed by atoms with Crippen LogP contribution in [0.1, 0.15) is 15.9 Å². The Bertz CT molecular complexity index is 779. The van der Waals surface area contributed by atoms with Crippen molar-refractivity contribution >= 4 is 28.4 Å². The molecule has 3 rings (SSSR count). The highest BCUT2D eigenvalue weighted by Crippen LogP contribution is 2.26. The summed E-state index contributed by atoms with van der Waals surface area (Å²) in [5.74, 6) is -1.32. The first kappa shape index (κ1) is 10.4. The van der Waals surface area contributed by atoms with E-state index in [1.165, 1.54) is 6.08 Å². The van der Waals surface area contributed by atoms with Crippen molar-refractivity contribution < 1.29 is 9.59 Å². The molecule has 1 aliphatic carbocycles. The third-order valence-corrected chi connectivity index (χ3v) is 3.03. The van der Waals surface area contributed by atoms with Gasteiger partial charge in [0.05, 0.1) is 0 Å². The predicted octanol–water partition coefficient (Wildman–Crippen LogP) is 2.51. The third-order valence-electron chi connectivity index (χ3n) is 3.03. The first-order valence-corrected chi connectivity index (χ1v) is 5.44. The average Bonchev–Trinajstić information content (AvgIpc) is 2.41. The number of hydrogen-bond donors (Lipinski definition) is 0. The molecule has 3 heteroatoms. The highest BCUT2D eigenvalue weighted by molar-refractivity contribution is 6.52. The van der Waals surface area contributed by atoms with Crippen molar-refractivity contribution in [1.29, 1.82) is 5.26 Å². The van der Waals surface area contributed by atoms with E-state index in [9.17, 15) is 9.59 Å². The van der Waals surface area contributed by atoms with Crippen LogP contribution in [0.2, 0.25) is 0 Å². The van der Waals surface area contributed by atoms with E-state index in [1.54, 1.807) is 12.1 Å². The predicted molar refractivity (Wildman–Crippen MR) is 66.9 cm³/mol. The molecule has 0 amide bonds. The number of Topliss-reactive ketones (excluding diaryl/α,β-unsaturated/α-hetero) is 2. The Kier molecular flexibility index (Phi) is 2.11. The maximum absolute atomic E-state index is 11.9. The second-order valence-corrected chi connectivity index (χ2v) is 4.11. The van der Waals surface area contributed by atoms with Crippen LogP contribution in [0.15, 0.2) is 42.0 Å². The summed E-state index contributed by atoms with van der Waals surface area (Å²) in [4.78, 5) is 23.5. The Labute approximate surface area is 103 Å². The molecule has 0 N–H and O–H groups in total. The molecular weight excluding hydrogens is 226 g/mol. The SMILES string of the molecule is N#CC1=Cc2cc3ccccc3cc2C(=O)C1=O. The molecule has 1 aliphatic rings. The van der Waals surface area contributed by atoms with E-state index in [2.05, 4.69) is 0 Å². The smallest absolute Gasteiger partial charge is 0.244 e. The van der Waals surface area contributed by atoms with Crippen LogP contribution < -0.4 is 0 Å². The van der Waals surface area contributed by atoms with Crippen LogP contribution in [0, 0.1) is 11.3 Å². The number of carbonyl (C=O) groups is 2. The fourth-order valence-electron chi connectivity index (χ4n) is 2.12. The van der Waals surface area contributed by atoms with E-state index < -0.39 is 11.6 Å². The minimum atomic E-state index is -0.722. The second-order valence-electron chi connectivity index (χ2n) is 4.11. The van der Waals surface area contributed by atoms with Crippen LogP contribution in [-0.2, 0) is 4.79 Å². The Hall–Kier alpha value is -2.73. The van der Waals surface area contributed by atoms with Crippen molar-refractivity contribution in [3.05, 3.63) is 53.1 Å². The largest absolute Gasteiger partial charge is 0.285 e. The summed E-state index contributed by atoms with van der Waals surface area (Å²) in [6.07, 6.45) is 1.48. The van der Waals surface area contributed by atoms with Crippen LogP contribution in [0.25, 0.3) is 16.8 Å². The molecule has 0 bridgehead atoms. The lowest BCUT2D eigenvalue weighted by molar-refractivity contribution is -0.111. The van der Waals surface area contributed by atoms with E-state index in [0.717, 1.165) is 10.8 Å². The number of allylic oxidation sites excluding steroid dienone is 1. The standard InChI is InChI=1S/C15H7NO2/c16-8-12-6-11-5-9-3-1-2-4-10(9)7-13(11)15(18)14(12)17/h1-7H. The summed E-state index contributed by atoms with van der Waals surface area (Å²) >= 11 is 0. The van der Waals surface area contributed by atoms with Gasteiger partial charge in [0.1, 0.15) is 11.6 Å². The van der Waals surface area contributed by atoms with Crippen molar-refractivity contribution in [2.45, 2.75) is 0 Å². The van der Waals surface area contributed by atoms with E-state index in [4.69, 9.17) is 5.26 Å². The maximum Gasteiger partial charge on any atom is 0.244 e. The number of hydrogen-bond acceptors (Lipinski definition) is 3. The molecule has 0 aromatic heterocycles. The summed E-state index contributed by atoms with van der Waals surface area (Å²) in [5.41, 5.74) is 0.912. The maximum atomic E-state index is 11.9. The fourth-order valence-corrected chi connectivity index (χ4v) is 2.12. The number of ketones is 2. The molecule has 0 spiro atoms. The van der Waals surface area contributed by atoms with Crippen LogP contribution in [0.3, 0.4) is 0 Å². The highest BCUT2D eigenvalue weighted by Gasteiger charge is 2.27. The molecule has 0 radical (unpaired) electrons. The van der Waals surface area contributed by atoms with Crippen molar-refractivity contribution in [3.8, 4) is 6.07 Å². The monoisotopic (exact) mass is 233 g/mol. The number of benzene rings is 2. The van der Waals surface area contributed by atoms with Crippen molar-refractivity contribution in [2.75, 3.05) is 0 Å². The van der Waals surface area contributed by atoms with Crippen LogP contribution in [-0.4, -0.2) is 11.6 Å². The van der Waals surface area contributed by atoms with Gasteiger partial charge in [-0.2, -0.15) is 5.26 Å². The normalized spacial score (nSPS) is 14.1.